The number of allylic oxidation sites excluding steroid dienone is 1. The highest BCUT2D eigenvalue weighted by molar-refractivity contribution is 6.76. The van der Waals surface area contributed by atoms with Gasteiger partial charge in [0.05, 0.1) is 42.3 Å². The van der Waals surface area contributed by atoms with Gasteiger partial charge in [-0.15, -0.1) is 0 Å². The third kappa shape index (κ3) is 10.3. The van der Waals surface area contributed by atoms with Crippen LogP contribution in [0.5, 0.6) is 5.88 Å². The van der Waals surface area contributed by atoms with E-state index in [0.717, 1.165) is 6.20 Å². The molecule has 1 N–H and O–H groups in total. The summed E-state index contributed by atoms with van der Waals surface area (Å²) in [6, 6.07) is 3.91. The van der Waals surface area contributed by atoms with E-state index in [0.29, 0.717) is 50.1 Å². The molecule has 2 aliphatic rings. The molecule has 290 valence electrons. The van der Waals surface area contributed by atoms with Crippen LogP contribution in [-0.4, -0.2) is 92.0 Å². The average molecular weight is 772 g/mol. The molecule has 5 rings (SSSR count). The van der Waals surface area contributed by atoms with Crippen molar-refractivity contribution in [1.29, 1.82) is 0 Å². The molecule has 0 atom stereocenters. The predicted octanol–water partition coefficient (Wildman–Crippen LogP) is 7.59. The second kappa shape index (κ2) is 16.1. The van der Waals surface area contributed by atoms with Crippen LogP contribution in [0.4, 0.5) is 39.7 Å². The minimum absolute atomic E-state index is 0.000704. The van der Waals surface area contributed by atoms with Crippen LogP contribution >= 0.6 is 0 Å². The number of ether oxygens (including phenoxy) is 3. The predicted molar refractivity (Wildman–Crippen MR) is 200 cm³/mol. The quantitative estimate of drug-likeness (QED) is 0.163. The molecule has 2 amide bonds. The van der Waals surface area contributed by atoms with Gasteiger partial charge in [0.1, 0.15) is 11.4 Å². The molecule has 2 aromatic heterocycles. The summed E-state index contributed by atoms with van der Waals surface area (Å²) in [5, 5.41) is 2.57. The first kappa shape index (κ1) is 40.2. The van der Waals surface area contributed by atoms with E-state index in [2.05, 4.69) is 39.9 Å². The van der Waals surface area contributed by atoms with E-state index in [1.54, 1.807) is 51.1 Å². The van der Waals surface area contributed by atoms with Gasteiger partial charge in [0, 0.05) is 88.5 Å². The lowest BCUT2D eigenvalue weighted by Gasteiger charge is -2.29. The number of carbonyl (C=O) groups excluding carboxylic acids is 2. The minimum atomic E-state index is -4.92. The molecule has 4 heterocycles. The standard InChI is InChI=1S/C37H45F4N7O5Si/c1-36(2,3)53-35(50)46(4)25-8-10-47(11-9-25)31-20-29(38)26(24-21-43-34(44-22-24)48-12-14-51-15-13-48)18-30(31)45-33(49)27-23-42-32(19-28(27)37(39,40)41)52-16-17-54(5,6)7/h8-10,18-23H,11-17H2,1-7H3,(H,45,49). The first-order chi connectivity index (χ1) is 25.3. The fourth-order valence-electron chi connectivity index (χ4n) is 5.44. The number of alkyl halides is 3. The van der Waals surface area contributed by atoms with Crippen molar-refractivity contribution in [2.45, 2.75) is 58.2 Å². The van der Waals surface area contributed by atoms with Gasteiger partial charge in [-0.05, 0) is 45.0 Å². The second-order valence-electron chi connectivity index (χ2n) is 15.0. The van der Waals surface area contributed by atoms with Gasteiger partial charge in [0.2, 0.25) is 11.8 Å². The number of morpholine rings is 1. The van der Waals surface area contributed by atoms with Crippen LogP contribution in [0.2, 0.25) is 25.7 Å². The number of aromatic nitrogens is 3. The summed E-state index contributed by atoms with van der Waals surface area (Å²) in [6.07, 6.45) is 3.05. The number of nitrogens with zero attached hydrogens (tertiary/aromatic N) is 6. The zero-order valence-corrected chi connectivity index (χ0v) is 32.4. The van der Waals surface area contributed by atoms with E-state index >= 15 is 4.39 Å². The normalized spacial score (nSPS) is 15.1. The molecule has 17 heteroatoms. The summed E-state index contributed by atoms with van der Waals surface area (Å²) < 4.78 is 75.5. The maximum atomic E-state index is 16.0. The van der Waals surface area contributed by atoms with Crippen molar-refractivity contribution >= 4 is 37.4 Å². The lowest BCUT2D eigenvalue weighted by Crippen LogP contribution is -2.37. The Balaban J connectivity index is 1.48. The van der Waals surface area contributed by atoms with E-state index < -0.39 is 48.8 Å². The Morgan fingerprint density at radius 1 is 1.02 bits per heavy atom. The van der Waals surface area contributed by atoms with Crippen LogP contribution in [-0.2, 0) is 15.7 Å². The lowest BCUT2D eigenvalue weighted by molar-refractivity contribution is -0.138. The SMILES string of the molecule is CN(C(=O)OC(C)(C)C)C1=CCN(c2cc(F)c(-c3cnc(N4CCOCC4)nc3)cc2NC(=O)c2cnc(OCC[Si](C)(C)C)cc2C(F)(F)F)C=C1. The molecule has 0 unspecified atom stereocenters. The zero-order chi connectivity index (χ0) is 39.4. The number of hydrogen-bond donors (Lipinski definition) is 1. The fourth-order valence-corrected chi connectivity index (χ4v) is 6.16. The van der Waals surface area contributed by atoms with Crippen molar-refractivity contribution in [3.05, 3.63) is 77.8 Å². The maximum absolute atomic E-state index is 16.0. The molecule has 2 aliphatic heterocycles. The molecule has 0 saturated carbocycles. The Hall–Kier alpha value is -5.03. The number of likely N-dealkylation sites (N-methyl/N-ethyl adjacent to an activating group) is 1. The van der Waals surface area contributed by atoms with Crippen molar-refractivity contribution in [3.8, 4) is 17.0 Å². The highest BCUT2D eigenvalue weighted by Crippen LogP contribution is 2.38. The van der Waals surface area contributed by atoms with E-state index in [-0.39, 0.29) is 41.5 Å². The molecular weight excluding hydrogens is 727 g/mol. The summed E-state index contributed by atoms with van der Waals surface area (Å²) in [6.45, 7) is 14.1. The zero-order valence-electron chi connectivity index (χ0n) is 31.4. The molecular formula is C37H45F4N7O5Si. The minimum Gasteiger partial charge on any atom is -0.478 e. The van der Waals surface area contributed by atoms with Crippen molar-refractivity contribution in [3.63, 3.8) is 0 Å². The van der Waals surface area contributed by atoms with Crippen LogP contribution < -0.4 is 19.9 Å². The smallest absolute Gasteiger partial charge is 0.417 e. The number of pyridine rings is 1. The molecule has 3 aromatic rings. The van der Waals surface area contributed by atoms with Crippen molar-refractivity contribution in [2.75, 3.05) is 61.6 Å². The molecule has 1 aromatic carbocycles. The first-order valence-corrected chi connectivity index (χ1v) is 21.1. The highest BCUT2D eigenvalue weighted by atomic mass is 28.3. The van der Waals surface area contributed by atoms with Gasteiger partial charge in [0.15, 0.2) is 0 Å². The lowest BCUT2D eigenvalue weighted by atomic mass is 10.0. The number of nitrogens with one attached hydrogen (secondary N) is 1. The van der Waals surface area contributed by atoms with Crippen molar-refractivity contribution in [2.24, 2.45) is 0 Å². The van der Waals surface area contributed by atoms with E-state index in [9.17, 15) is 22.8 Å². The number of carbonyl (C=O) groups is 2. The average Bonchev–Trinajstić information content (AvgIpc) is 3.10. The third-order valence-electron chi connectivity index (χ3n) is 8.39. The van der Waals surface area contributed by atoms with Gasteiger partial charge >= 0.3 is 12.3 Å². The summed E-state index contributed by atoms with van der Waals surface area (Å²) in [4.78, 5) is 44.0. The molecule has 0 spiro atoms. The number of anilines is 3. The Labute approximate surface area is 312 Å². The monoisotopic (exact) mass is 771 g/mol. The summed E-state index contributed by atoms with van der Waals surface area (Å²) in [5.41, 5.74) is -1.79. The van der Waals surface area contributed by atoms with Crippen molar-refractivity contribution in [1.82, 2.24) is 19.9 Å². The van der Waals surface area contributed by atoms with Crippen LogP contribution in [0, 0.1) is 5.82 Å². The number of rotatable bonds is 10. The molecule has 54 heavy (non-hydrogen) atoms. The number of amides is 2. The number of halogens is 4. The first-order valence-electron chi connectivity index (χ1n) is 17.4. The van der Waals surface area contributed by atoms with E-state index in [4.69, 9.17) is 14.2 Å². The summed E-state index contributed by atoms with van der Waals surface area (Å²) in [7, 11) is 0.00623. The fraction of sp³-hybridized carbons (Fsp3) is 0.432. The number of benzene rings is 1. The second-order valence-corrected chi connectivity index (χ2v) is 20.7. The molecule has 0 radical (unpaired) electrons. The molecule has 0 aliphatic carbocycles. The Morgan fingerprint density at radius 2 is 1.70 bits per heavy atom. The van der Waals surface area contributed by atoms with Crippen molar-refractivity contribution < 1.29 is 41.4 Å². The summed E-state index contributed by atoms with van der Waals surface area (Å²) >= 11 is 0. The largest absolute Gasteiger partial charge is 0.478 e. The van der Waals surface area contributed by atoms with Crippen LogP contribution in [0.15, 0.2) is 60.8 Å². The Morgan fingerprint density at radius 3 is 2.30 bits per heavy atom. The Bertz CT molecular complexity index is 1900. The molecule has 1 saturated heterocycles. The number of hydrogen-bond acceptors (Lipinski definition) is 10. The van der Waals surface area contributed by atoms with Crippen LogP contribution in [0.3, 0.4) is 0 Å². The molecule has 12 nitrogen and oxygen atoms in total. The van der Waals surface area contributed by atoms with Crippen LogP contribution in [0.25, 0.3) is 11.1 Å². The van der Waals surface area contributed by atoms with E-state index in [1.807, 2.05) is 4.90 Å². The van der Waals surface area contributed by atoms with Gasteiger partial charge < -0.3 is 29.3 Å². The van der Waals surface area contributed by atoms with Gasteiger partial charge in [0.25, 0.3) is 5.91 Å². The van der Waals surface area contributed by atoms with Gasteiger partial charge in [-0.25, -0.2) is 24.1 Å². The maximum Gasteiger partial charge on any atom is 0.417 e. The van der Waals surface area contributed by atoms with Gasteiger partial charge in [-0.3, -0.25) is 9.69 Å². The third-order valence-corrected chi connectivity index (χ3v) is 10.1. The highest BCUT2D eigenvalue weighted by Gasteiger charge is 2.37. The Kier molecular flexibility index (Phi) is 12.0. The topological polar surface area (TPSA) is 122 Å². The molecule has 0 bridgehead atoms. The summed E-state index contributed by atoms with van der Waals surface area (Å²) in [5.74, 6) is -1.63. The van der Waals surface area contributed by atoms with Gasteiger partial charge in [-0.2, -0.15) is 13.2 Å². The van der Waals surface area contributed by atoms with E-state index in [1.165, 1.54) is 29.4 Å². The van der Waals surface area contributed by atoms with Gasteiger partial charge in [-0.1, -0.05) is 19.6 Å². The van der Waals surface area contributed by atoms with Crippen LogP contribution in [0.1, 0.15) is 36.7 Å². The molecule has 1 fully saturated rings.